The molecule has 0 aliphatic heterocycles. The molecule has 0 aliphatic carbocycles. The van der Waals surface area contributed by atoms with Gasteiger partial charge >= 0.3 is 0 Å². The molecular formula is C9H7N3O. The van der Waals surface area contributed by atoms with Crippen molar-refractivity contribution in [3.63, 3.8) is 0 Å². The fraction of sp³-hybridized carbons (Fsp3) is 0. The van der Waals surface area contributed by atoms with Crippen LogP contribution in [0.4, 0.5) is 0 Å². The zero-order valence-electron chi connectivity index (χ0n) is 6.79. The maximum absolute atomic E-state index is 10.3. The molecule has 1 aromatic heterocycles. The van der Waals surface area contributed by atoms with E-state index in [9.17, 15) is 4.79 Å². The highest BCUT2D eigenvalue weighted by atomic mass is 16.1. The number of rotatable bonds is 2. The van der Waals surface area contributed by atoms with Crippen molar-refractivity contribution in [1.29, 1.82) is 0 Å². The summed E-state index contributed by atoms with van der Waals surface area (Å²) in [6.07, 6.45) is 2.10. The van der Waals surface area contributed by atoms with Crippen molar-refractivity contribution in [2.45, 2.75) is 0 Å². The van der Waals surface area contributed by atoms with Gasteiger partial charge in [-0.3, -0.25) is 4.79 Å². The molecule has 0 fully saturated rings. The first kappa shape index (κ1) is 7.67. The van der Waals surface area contributed by atoms with Gasteiger partial charge in [0.15, 0.2) is 6.29 Å². The summed E-state index contributed by atoms with van der Waals surface area (Å²) in [6.45, 7) is 0. The van der Waals surface area contributed by atoms with Crippen molar-refractivity contribution < 1.29 is 4.79 Å². The Morgan fingerprint density at radius 2 is 2.00 bits per heavy atom. The van der Waals surface area contributed by atoms with Gasteiger partial charge in [-0.05, 0) is 12.1 Å². The van der Waals surface area contributed by atoms with Gasteiger partial charge in [0.2, 0.25) is 0 Å². The summed E-state index contributed by atoms with van der Waals surface area (Å²) >= 11 is 0. The fourth-order valence-electron chi connectivity index (χ4n) is 1.01. The third-order valence-corrected chi connectivity index (χ3v) is 1.62. The Bertz CT molecular complexity index is 408. The summed E-state index contributed by atoms with van der Waals surface area (Å²) in [5.74, 6) is 0. The van der Waals surface area contributed by atoms with E-state index in [0.29, 0.717) is 12.0 Å². The van der Waals surface area contributed by atoms with E-state index in [1.165, 1.54) is 11.0 Å². The van der Waals surface area contributed by atoms with E-state index in [1.807, 2.05) is 30.3 Å². The quantitative estimate of drug-likeness (QED) is 0.638. The van der Waals surface area contributed by atoms with Crippen molar-refractivity contribution in [1.82, 2.24) is 15.0 Å². The fourth-order valence-corrected chi connectivity index (χ4v) is 1.01. The van der Waals surface area contributed by atoms with E-state index >= 15 is 0 Å². The number of aldehydes is 1. The van der Waals surface area contributed by atoms with Crippen LogP contribution < -0.4 is 0 Å². The van der Waals surface area contributed by atoms with E-state index in [4.69, 9.17) is 0 Å². The molecule has 0 unspecified atom stereocenters. The zero-order chi connectivity index (χ0) is 9.10. The largest absolute Gasteiger partial charge is 0.296 e. The Morgan fingerprint density at radius 1 is 1.23 bits per heavy atom. The van der Waals surface area contributed by atoms with Crippen molar-refractivity contribution in [2.24, 2.45) is 0 Å². The van der Waals surface area contributed by atoms with Crippen molar-refractivity contribution in [2.75, 3.05) is 0 Å². The van der Waals surface area contributed by atoms with Gasteiger partial charge in [0, 0.05) is 0 Å². The van der Waals surface area contributed by atoms with Crippen LogP contribution in [0.15, 0.2) is 36.5 Å². The summed E-state index contributed by atoms with van der Waals surface area (Å²) in [5.41, 5.74) is 1.18. The first-order chi connectivity index (χ1) is 6.40. The minimum atomic E-state index is 0.337. The minimum absolute atomic E-state index is 0.337. The smallest absolute Gasteiger partial charge is 0.171 e. The van der Waals surface area contributed by atoms with Crippen LogP contribution in [0.1, 0.15) is 10.5 Å². The maximum Gasteiger partial charge on any atom is 0.171 e. The monoisotopic (exact) mass is 173 g/mol. The number of nitrogens with zero attached hydrogens (tertiary/aromatic N) is 3. The van der Waals surface area contributed by atoms with Crippen LogP contribution in [-0.2, 0) is 0 Å². The molecule has 2 aromatic rings. The average molecular weight is 173 g/mol. The van der Waals surface area contributed by atoms with Crippen molar-refractivity contribution >= 4 is 6.29 Å². The SMILES string of the molecule is O=Cc1cnn(-c2ccccc2)n1. The second-order valence-electron chi connectivity index (χ2n) is 2.51. The van der Waals surface area contributed by atoms with Crippen LogP contribution in [0.2, 0.25) is 0 Å². The molecule has 0 aliphatic rings. The molecule has 1 aromatic carbocycles. The van der Waals surface area contributed by atoms with Crippen LogP contribution >= 0.6 is 0 Å². The molecule has 2 rings (SSSR count). The highest BCUT2D eigenvalue weighted by molar-refractivity contribution is 5.70. The van der Waals surface area contributed by atoms with Crippen LogP contribution in [0.5, 0.6) is 0 Å². The second-order valence-corrected chi connectivity index (χ2v) is 2.51. The molecular weight excluding hydrogens is 166 g/mol. The number of benzene rings is 1. The molecule has 4 nitrogen and oxygen atoms in total. The Kier molecular flexibility index (Phi) is 1.88. The first-order valence-electron chi connectivity index (χ1n) is 3.83. The lowest BCUT2D eigenvalue weighted by atomic mass is 10.3. The van der Waals surface area contributed by atoms with Gasteiger partial charge in [-0.2, -0.15) is 9.90 Å². The molecule has 0 N–H and O–H groups in total. The van der Waals surface area contributed by atoms with Gasteiger partial charge < -0.3 is 0 Å². The molecule has 0 radical (unpaired) electrons. The normalized spacial score (nSPS) is 9.85. The number of carbonyl (C=O) groups excluding carboxylic acids is 1. The molecule has 0 saturated carbocycles. The summed E-state index contributed by atoms with van der Waals surface area (Å²) < 4.78 is 0. The number of para-hydroxylation sites is 1. The van der Waals surface area contributed by atoms with Gasteiger partial charge in [-0.15, -0.1) is 5.10 Å². The lowest BCUT2D eigenvalue weighted by Crippen LogP contribution is -1.98. The van der Waals surface area contributed by atoms with Crippen molar-refractivity contribution in [3.8, 4) is 5.69 Å². The van der Waals surface area contributed by atoms with Gasteiger partial charge in [-0.25, -0.2) is 0 Å². The molecule has 1 heterocycles. The first-order valence-corrected chi connectivity index (χ1v) is 3.83. The third kappa shape index (κ3) is 1.46. The van der Waals surface area contributed by atoms with Gasteiger partial charge in [0.1, 0.15) is 5.69 Å². The van der Waals surface area contributed by atoms with Crippen LogP contribution in [0.3, 0.4) is 0 Å². The molecule has 0 atom stereocenters. The highest BCUT2D eigenvalue weighted by Gasteiger charge is 1.99. The minimum Gasteiger partial charge on any atom is -0.296 e. The average Bonchev–Trinajstić information content (AvgIpc) is 2.67. The summed E-state index contributed by atoms with van der Waals surface area (Å²) in [6, 6.07) is 9.43. The number of hydrogen-bond acceptors (Lipinski definition) is 3. The molecule has 0 spiro atoms. The standard InChI is InChI=1S/C9H7N3O/c13-7-8-6-10-12(11-8)9-4-2-1-3-5-9/h1-7H. The Labute approximate surface area is 74.8 Å². The van der Waals surface area contributed by atoms with E-state index in [-0.39, 0.29) is 0 Å². The van der Waals surface area contributed by atoms with E-state index in [0.717, 1.165) is 5.69 Å². The molecule has 0 bridgehead atoms. The number of carbonyl (C=O) groups is 1. The van der Waals surface area contributed by atoms with Gasteiger partial charge in [0.25, 0.3) is 0 Å². The molecule has 13 heavy (non-hydrogen) atoms. The second kappa shape index (κ2) is 3.18. The lowest BCUT2D eigenvalue weighted by molar-refractivity contribution is 0.111. The topological polar surface area (TPSA) is 47.8 Å². The summed E-state index contributed by atoms with van der Waals surface area (Å²) in [4.78, 5) is 11.8. The molecule has 4 heteroatoms. The van der Waals surface area contributed by atoms with Gasteiger partial charge in [0.05, 0.1) is 11.9 Å². The predicted octanol–water partition coefficient (Wildman–Crippen LogP) is 1.08. The summed E-state index contributed by atoms with van der Waals surface area (Å²) in [7, 11) is 0. The number of aromatic nitrogens is 3. The summed E-state index contributed by atoms with van der Waals surface area (Å²) in [5, 5.41) is 7.87. The van der Waals surface area contributed by atoms with Crippen molar-refractivity contribution in [3.05, 3.63) is 42.2 Å². The molecule has 0 saturated heterocycles. The van der Waals surface area contributed by atoms with E-state index in [1.54, 1.807) is 0 Å². The highest BCUT2D eigenvalue weighted by Crippen LogP contribution is 2.02. The van der Waals surface area contributed by atoms with E-state index in [2.05, 4.69) is 10.2 Å². The lowest BCUT2D eigenvalue weighted by Gasteiger charge is -1.96. The van der Waals surface area contributed by atoms with E-state index < -0.39 is 0 Å². The Balaban J connectivity index is 2.41. The third-order valence-electron chi connectivity index (χ3n) is 1.62. The number of hydrogen-bond donors (Lipinski definition) is 0. The predicted molar refractivity (Wildman–Crippen MR) is 46.7 cm³/mol. The molecule has 64 valence electrons. The Hall–Kier alpha value is -1.97. The van der Waals surface area contributed by atoms with Crippen LogP contribution in [-0.4, -0.2) is 21.3 Å². The maximum atomic E-state index is 10.3. The van der Waals surface area contributed by atoms with Crippen LogP contribution in [0, 0.1) is 0 Å². The zero-order valence-corrected chi connectivity index (χ0v) is 6.79. The Morgan fingerprint density at radius 3 is 2.62 bits per heavy atom. The van der Waals surface area contributed by atoms with Crippen LogP contribution in [0.25, 0.3) is 5.69 Å². The van der Waals surface area contributed by atoms with Gasteiger partial charge in [-0.1, -0.05) is 18.2 Å². The molecule has 0 amide bonds.